The lowest BCUT2D eigenvalue weighted by Crippen LogP contribution is -2.06. The van der Waals surface area contributed by atoms with Gasteiger partial charge in [0.15, 0.2) is 0 Å². The average molecular weight is 354 g/mol. The highest BCUT2D eigenvalue weighted by molar-refractivity contribution is 6.32. The van der Waals surface area contributed by atoms with Crippen molar-refractivity contribution in [2.24, 2.45) is 0 Å². The van der Waals surface area contributed by atoms with Crippen molar-refractivity contribution < 1.29 is 13.2 Å². The minimum Gasteiger partial charge on any atom is -0.295 e. The van der Waals surface area contributed by atoms with Crippen LogP contribution in [-0.2, 0) is 19.0 Å². The minimum atomic E-state index is -4.51. The van der Waals surface area contributed by atoms with Crippen molar-refractivity contribution in [2.45, 2.75) is 32.9 Å². The van der Waals surface area contributed by atoms with E-state index < -0.39 is 11.7 Å². The van der Waals surface area contributed by atoms with Crippen LogP contribution in [0.25, 0.3) is 16.7 Å². The molecule has 126 valence electrons. The number of rotatable bonds is 3. The maximum atomic E-state index is 13.0. The zero-order chi connectivity index (χ0) is 17.5. The normalized spacial score (nSPS) is 12.1. The number of aryl methyl sites for hydroxylation is 2. The van der Waals surface area contributed by atoms with Gasteiger partial charge >= 0.3 is 6.18 Å². The van der Waals surface area contributed by atoms with Crippen LogP contribution in [-0.4, -0.2) is 14.5 Å². The molecule has 1 aromatic carbocycles. The van der Waals surface area contributed by atoms with Crippen LogP contribution >= 0.6 is 11.6 Å². The molecule has 3 rings (SSSR count). The van der Waals surface area contributed by atoms with Crippen LogP contribution in [0.15, 0.2) is 30.5 Å². The predicted octanol–water partition coefficient (Wildman–Crippen LogP) is 5.22. The second-order valence-electron chi connectivity index (χ2n) is 5.40. The average Bonchev–Trinajstić information content (AvgIpc) is 2.90. The summed E-state index contributed by atoms with van der Waals surface area (Å²) in [6.07, 6.45) is -1.42. The molecular formula is C17H15ClF3N3. The van der Waals surface area contributed by atoms with Gasteiger partial charge in [0, 0.05) is 12.1 Å². The van der Waals surface area contributed by atoms with E-state index in [2.05, 4.69) is 9.97 Å². The lowest BCUT2D eigenvalue weighted by molar-refractivity contribution is -0.137. The monoisotopic (exact) mass is 353 g/mol. The SMILES string of the molecule is CCc1ccc(-n2c(CC)nc3cc(C(F)(F)F)c(Cl)cc32)cn1. The molecule has 0 radical (unpaired) electrons. The smallest absolute Gasteiger partial charge is 0.295 e. The molecule has 0 saturated heterocycles. The van der Waals surface area contributed by atoms with E-state index in [1.165, 1.54) is 6.07 Å². The van der Waals surface area contributed by atoms with Gasteiger partial charge in [-0.15, -0.1) is 0 Å². The van der Waals surface area contributed by atoms with Crippen LogP contribution in [0.4, 0.5) is 13.2 Å². The highest BCUT2D eigenvalue weighted by atomic mass is 35.5. The fourth-order valence-corrected chi connectivity index (χ4v) is 2.91. The van der Waals surface area contributed by atoms with Crippen molar-refractivity contribution in [1.29, 1.82) is 0 Å². The summed E-state index contributed by atoms with van der Waals surface area (Å²) in [6, 6.07) is 6.10. The van der Waals surface area contributed by atoms with E-state index in [1.807, 2.05) is 26.0 Å². The molecule has 24 heavy (non-hydrogen) atoms. The van der Waals surface area contributed by atoms with Crippen LogP contribution in [0.1, 0.15) is 30.9 Å². The van der Waals surface area contributed by atoms with Gasteiger partial charge in [-0.05, 0) is 30.7 Å². The van der Waals surface area contributed by atoms with Gasteiger partial charge in [0.05, 0.1) is 33.5 Å². The Labute approximate surface area is 142 Å². The Morgan fingerprint density at radius 2 is 1.88 bits per heavy atom. The highest BCUT2D eigenvalue weighted by Crippen LogP contribution is 2.37. The first kappa shape index (κ1) is 16.8. The third kappa shape index (κ3) is 2.86. The maximum absolute atomic E-state index is 13.0. The van der Waals surface area contributed by atoms with E-state index in [0.29, 0.717) is 17.8 Å². The van der Waals surface area contributed by atoms with Crippen molar-refractivity contribution in [3.8, 4) is 5.69 Å². The van der Waals surface area contributed by atoms with Crippen LogP contribution in [0.3, 0.4) is 0 Å². The molecule has 0 bridgehead atoms. The summed E-state index contributed by atoms with van der Waals surface area (Å²) in [5.41, 5.74) is 1.63. The molecule has 0 spiro atoms. The Morgan fingerprint density at radius 3 is 2.42 bits per heavy atom. The van der Waals surface area contributed by atoms with E-state index in [0.717, 1.165) is 23.9 Å². The second-order valence-corrected chi connectivity index (χ2v) is 5.80. The maximum Gasteiger partial charge on any atom is 0.417 e. The summed E-state index contributed by atoms with van der Waals surface area (Å²) in [4.78, 5) is 8.69. The molecule has 0 unspecified atom stereocenters. The topological polar surface area (TPSA) is 30.7 Å². The summed E-state index contributed by atoms with van der Waals surface area (Å²) >= 11 is 5.87. The number of nitrogens with zero attached hydrogens (tertiary/aromatic N) is 3. The zero-order valence-electron chi connectivity index (χ0n) is 13.2. The number of benzene rings is 1. The van der Waals surface area contributed by atoms with E-state index in [1.54, 1.807) is 10.8 Å². The van der Waals surface area contributed by atoms with Crippen molar-refractivity contribution in [1.82, 2.24) is 14.5 Å². The Kier molecular flexibility index (Phi) is 4.25. The summed E-state index contributed by atoms with van der Waals surface area (Å²) in [5, 5.41) is -0.336. The third-order valence-corrected chi connectivity index (χ3v) is 4.18. The molecule has 2 heterocycles. The lowest BCUT2D eigenvalue weighted by atomic mass is 10.2. The molecule has 0 aliphatic heterocycles. The van der Waals surface area contributed by atoms with Gasteiger partial charge in [-0.3, -0.25) is 9.55 Å². The van der Waals surface area contributed by atoms with Gasteiger partial charge in [-0.1, -0.05) is 25.4 Å². The van der Waals surface area contributed by atoms with E-state index in [-0.39, 0.29) is 10.5 Å². The van der Waals surface area contributed by atoms with Gasteiger partial charge in [-0.2, -0.15) is 13.2 Å². The van der Waals surface area contributed by atoms with Crippen molar-refractivity contribution in [3.63, 3.8) is 0 Å². The molecule has 0 amide bonds. The molecule has 7 heteroatoms. The van der Waals surface area contributed by atoms with Gasteiger partial charge in [0.2, 0.25) is 0 Å². The number of imidazole rings is 1. The Hall–Kier alpha value is -2.08. The van der Waals surface area contributed by atoms with Crippen LogP contribution in [0, 0.1) is 0 Å². The quantitative estimate of drug-likeness (QED) is 0.646. The van der Waals surface area contributed by atoms with Crippen molar-refractivity contribution in [3.05, 3.63) is 52.6 Å². The summed E-state index contributed by atoms with van der Waals surface area (Å²) in [7, 11) is 0. The number of fused-ring (bicyclic) bond motifs is 1. The first-order chi connectivity index (χ1) is 11.3. The minimum absolute atomic E-state index is 0.267. The van der Waals surface area contributed by atoms with Crippen molar-refractivity contribution in [2.75, 3.05) is 0 Å². The molecule has 0 saturated carbocycles. The van der Waals surface area contributed by atoms with E-state index in [4.69, 9.17) is 11.6 Å². The van der Waals surface area contributed by atoms with Gasteiger partial charge in [0.25, 0.3) is 0 Å². The Bertz CT molecular complexity index is 883. The first-order valence-corrected chi connectivity index (χ1v) is 7.96. The number of hydrogen-bond acceptors (Lipinski definition) is 2. The molecule has 0 aliphatic carbocycles. The Morgan fingerprint density at radius 1 is 1.12 bits per heavy atom. The van der Waals surface area contributed by atoms with Crippen molar-refractivity contribution >= 4 is 22.6 Å². The van der Waals surface area contributed by atoms with E-state index >= 15 is 0 Å². The number of halogens is 4. The zero-order valence-corrected chi connectivity index (χ0v) is 13.9. The number of aromatic nitrogens is 3. The van der Waals surface area contributed by atoms with E-state index in [9.17, 15) is 13.2 Å². The predicted molar refractivity (Wildman–Crippen MR) is 87.6 cm³/mol. The van der Waals surface area contributed by atoms with Crippen LogP contribution in [0.5, 0.6) is 0 Å². The lowest BCUT2D eigenvalue weighted by Gasteiger charge is -2.11. The fraction of sp³-hybridized carbons (Fsp3) is 0.294. The largest absolute Gasteiger partial charge is 0.417 e. The molecule has 3 nitrogen and oxygen atoms in total. The summed E-state index contributed by atoms with van der Waals surface area (Å²) in [6.45, 7) is 3.91. The number of alkyl halides is 3. The second kappa shape index (κ2) is 6.09. The molecule has 0 aliphatic rings. The summed E-state index contributed by atoms with van der Waals surface area (Å²) in [5.74, 6) is 0.659. The number of hydrogen-bond donors (Lipinski definition) is 0. The molecule has 0 fully saturated rings. The van der Waals surface area contributed by atoms with Gasteiger partial charge < -0.3 is 0 Å². The first-order valence-electron chi connectivity index (χ1n) is 7.58. The Balaban J connectivity index is 2.25. The molecule has 2 aromatic heterocycles. The molecule has 0 atom stereocenters. The number of pyridine rings is 1. The standard InChI is InChI=1S/C17H15ClF3N3/c1-3-10-5-6-11(9-22-10)24-15-8-13(18)12(17(19,20)21)7-14(15)23-16(24)4-2/h5-9H,3-4H2,1-2H3. The third-order valence-electron chi connectivity index (χ3n) is 3.86. The van der Waals surface area contributed by atoms with Gasteiger partial charge in [-0.25, -0.2) is 4.98 Å². The molecular weight excluding hydrogens is 339 g/mol. The summed E-state index contributed by atoms with van der Waals surface area (Å²) < 4.78 is 40.9. The fourth-order valence-electron chi connectivity index (χ4n) is 2.65. The van der Waals surface area contributed by atoms with Crippen LogP contribution < -0.4 is 0 Å². The molecule has 3 aromatic rings. The molecule has 0 N–H and O–H groups in total. The highest BCUT2D eigenvalue weighted by Gasteiger charge is 2.34. The van der Waals surface area contributed by atoms with Gasteiger partial charge in [0.1, 0.15) is 5.82 Å². The van der Waals surface area contributed by atoms with Crippen LogP contribution in [0.2, 0.25) is 5.02 Å².